The Balaban J connectivity index is 2.54. The number of aromatic nitrogens is 2. The van der Waals surface area contributed by atoms with E-state index in [1.54, 1.807) is 6.92 Å². The molecule has 0 unspecified atom stereocenters. The summed E-state index contributed by atoms with van der Waals surface area (Å²) in [6.07, 6.45) is -4.41. The van der Waals surface area contributed by atoms with Gasteiger partial charge in [-0.2, -0.15) is 13.2 Å². The number of nitrogens with zero attached hydrogens (tertiary/aromatic N) is 1. The van der Waals surface area contributed by atoms with Crippen LogP contribution in [0, 0.1) is 6.92 Å². The van der Waals surface area contributed by atoms with Crippen LogP contribution in [0.25, 0.3) is 11.3 Å². The van der Waals surface area contributed by atoms with Crippen LogP contribution in [0.4, 0.5) is 13.2 Å². The van der Waals surface area contributed by atoms with E-state index >= 15 is 0 Å². The van der Waals surface area contributed by atoms with Gasteiger partial charge < -0.3 is 4.98 Å². The number of alkyl halides is 3. The molecule has 6 heteroatoms. The van der Waals surface area contributed by atoms with Gasteiger partial charge in [0.2, 0.25) is 0 Å². The van der Waals surface area contributed by atoms with E-state index in [2.05, 4.69) is 9.97 Å². The van der Waals surface area contributed by atoms with Gasteiger partial charge in [0, 0.05) is 11.6 Å². The summed E-state index contributed by atoms with van der Waals surface area (Å²) in [7, 11) is 0. The fraction of sp³-hybridized carbons (Fsp3) is 0.167. The molecule has 0 saturated carbocycles. The summed E-state index contributed by atoms with van der Waals surface area (Å²) >= 11 is 0. The van der Waals surface area contributed by atoms with Crippen molar-refractivity contribution in [1.29, 1.82) is 0 Å². The highest BCUT2D eigenvalue weighted by Crippen LogP contribution is 2.31. The van der Waals surface area contributed by atoms with E-state index in [0.717, 1.165) is 12.1 Å². The Kier molecular flexibility index (Phi) is 2.94. The summed E-state index contributed by atoms with van der Waals surface area (Å²) in [5.74, 6) is 0.356. The molecule has 1 N–H and O–H groups in total. The van der Waals surface area contributed by atoms with Crippen LogP contribution in [-0.4, -0.2) is 9.97 Å². The van der Waals surface area contributed by atoms with Crippen LogP contribution in [0.15, 0.2) is 35.1 Å². The van der Waals surface area contributed by atoms with Gasteiger partial charge in [0.15, 0.2) is 0 Å². The monoisotopic (exact) mass is 254 g/mol. The largest absolute Gasteiger partial charge is 0.416 e. The third-order valence-electron chi connectivity index (χ3n) is 2.35. The summed E-state index contributed by atoms with van der Waals surface area (Å²) in [5, 5.41) is 0. The van der Waals surface area contributed by atoms with Crippen LogP contribution in [-0.2, 0) is 6.18 Å². The number of benzene rings is 1. The summed E-state index contributed by atoms with van der Waals surface area (Å²) in [6, 6.07) is 5.89. The lowest BCUT2D eigenvalue weighted by Crippen LogP contribution is -2.09. The highest BCUT2D eigenvalue weighted by molar-refractivity contribution is 5.59. The second-order valence-electron chi connectivity index (χ2n) is 3.79. The van der Waals surface area contributed by atoms with Crippen molar-refractivity contribution in [3.63, 3.8) is 0 Å². The minimum atomic E-state index is -4.41. The van der Waals surface area contributed by atoms with Gasteiger partial charge in [-0.1, -0.05) is 12.1 Å². The van der Waals surface area contributed by atoms with E-state index in [1.807, 2.05) is 0 Å². The van der Waals surface area contributed by atoms with E-state index in [1.165, 1.54) is 18.2 Å². The van der Waals surface area contributed by atoms with E-state index in [9.17, 15) is 18.0 Å². The van der Waals surface area contributed by atoms with Crippen molar-refractivity contribution in [3.05, 3.63) is 52.1 Å². The Morgan fingerprint density at radius 2 is 1.94 bits per heavy atom. The average molecular weight is 254 g/mol. The predicted octanol–water partition coefficient (Wildman–Crippen LogP) is 2.76. The molecule has 0 saturated heterocycles. The normalized spacial score (nSPS) is 11.6. The molecular weight excluding hydrogens is 245 g/mol. The number of hydrogen-bond donors (Lipinski definition) is 1. The number of H-pyrrole nitrogens is 1. The number of rotatable bonds is 1. The standard InChI is InChI=1S/C12H9F3N2O/c1-7-16-10(6-11(18)17-7)8-3-2-4-9(5-8)12(13,14)15/h2-6H,1H3,(H,16,17,18). The molecule has 0 amide bonds. The van der Waals surface area contributed by atoms with Crippen molar-refractivity contribution >= 4 is 0 Å². The molecule has 1 aromatic carbocycles. The van der Waals surface area contributed by atoms with Crippen LogP contribution in [0.5, 0.6) is 0 Å². The Bertz CT molecular complexity index is 632. The topological polar surface area (TPSA) is 45.8 Å². The quantitative estimate of drug-likeness (QED) is 0.850. The number of hydrogen-bond acceptors (Lipinski definition) is 2. The van der Waals surface area contributed by atoms with Crippen molar-refractivity contribution < 1.29 is 13.2 Å². The summed E-state index contributed by atoms with van der Waals surface area (Å²) in [4.78, 5) is 17.7. The summed E-state index contributed by atoms with van der Waals surface area (Å²) < 4.78 is 37.7. The van der Waals surface area contributed by atoms with Gasteiger partial charge in [0.1, 0.15) is 5.82 Å². The van der Waals surface area contributed by atoms with Crippen LogP contribution >= 0.6 is 0 Å². The zero-order valence-corrected chi connectivity index (χ0v) is 9.38. The zero-order valence-electron chi connectivity index (χ0n) is 9.38. The molecule has 0 aliphatic carbocycles. The van der Waals surface area contributed by atoms with Gasteiger partial charge in [0.25, 0.3) is 5.56 Å². The van der Waals surface area contributed by atoms with E-state index in [4.69, 9.17) is 0 Å². The number of nitrogens with one attached hydrogen (secondary N) is 1. The molecule has 0 aliphatic rings. The maximum atomic E-state index is 12.6. The van der Waals surface area contributed by atoms with Crippen LogP contribution < -0.4 is 5.56 Å². The van der Waals surface area contributed by atoms with Gasteiger partial charge >= 0.3 is 6.18 Å². The maximum absolute atomic E-state index is 12.6. The molecule has 0 radical (unpaired) electrons. The summed E-state index contributed by atoms with van der Waals surface area (Å²) in [6.45, 7) is 1.57. The van der Waals surface area contributed by atoms with Crippen molar-refractivity contribution in [2.45, 2.75) is 13.1 Å². The first-order valence-electron chi connectivity index (χ1n) is 5.12. The van der Waals surface area contributed by atoms with Gasteiger partial charge in [-0.15, -0.1) is 0 Å². The third-order valence-corrected chi connectivity index (χ3v) is 2.35. The Morgan fingerprint density at radius 3 is 2.56 bits per heavy atom. The second kappa shape index (κ2) is 4.29. The molecule has 18 heavy (non-hydrogen) atoms. The first-order chi connectivity index (χ1) is 8.36. The molecule has 3 nitrogen and oxygen atoms in total. The molecule has 0 atom stereocenters. The molecule has 0 bridgehead atoms. The molecule has 94 valence electrons. The Hall–Kier alpha value is -2.11. The van der Waals surface area contributed by atoms with Gasteiger partial charge in [-0.3, -0.25) is 4.79 Å². The smallest absolute Gasteiger partial charge is 0.311 e. The van der Waals surface area contributed by atoms with E-state index < -0.39 is 17.3 Å². The van der Waals surface area contributed by atoms with Crippen molar-refractivity contribution in [2.24, 2.45) is 0 Å². The SMILES string of the molecule is Cc1nc(-c2cccc(C(F)(F)F)c2)cc(=O)[nH]1. The highest BCUT2D eigenvalue weighted by atomic mass is 19.4. The minimum absolute atomic E-state index is 0.224. The molecule has 2 aromatic rings. The molecular formula is C12H9F3N2O. The first-order valence-corrected chi connectivity index (χ1v) is 5.12. The van der Waals surface area contributed by atoms with Gasteiger partial charge in [0.05, 0.1) is 11.3 Å². The number of aromatic amines is 1. The van der Waals surface area contributed by atoms with Gasteiger partial charge in [-0.25, -0.2) is 4.98 Å². The average Bonchev–Trinajstić information content (AvgIpc) is 2.27. The molecule has 0 fully saturated rings. The predicted molar refractivity (Wildman–Crippen MR) is 60.0 cm³/mol. The van der Waals surface area contributed by atoms with Crippen LogP contribution in [0.3, 0.4) is 0 Å². The lowest BCUT2D eigenvalue weighted by Gasteiger charge is -2.08. The van der Waals surface area contributed by atoms with E-state index in [-0.39, 0.29) is 11.3 Å². The minimum Gasteiger partial charge on any atom is -0.311 e. The lowest BCUT2D eigenvalue weighted by molar-refractivity contribution is -0.137. The summed E-state index contributed by atoms with van der Waals surface area (Å²) in [5.41, 5.74) is -0.670. The molecule has 1 aromatic heterocycles. The van der Waals surface area contributed by atoms with Crippen molar-refractivity contribution in [3.8, 4) is 11.3 Å². The molecule has 0 aliphatic heterocycles. The second-order valence-corrected chi connectivity index (χ2v) is 3.79. The molecule has 1 heterocycles. The van der Waals surface area contributed by atoms with Crippen LogP contribution in [0.1, 0.15) is 11.4 Å². The zero-order chi connectivity index (χ0) is 13.3. The lowest BCUT2D eigenvalue weighted by atomic mass is 10.1. The Labute approximate surface area is 100 Å². The molecule has 0 spiro atoms. The van der Waals surface area contributed by atoms with Crippen LogP contribution in [0.2, 0.25) is 0 Å². The molecule has 2 rings (SSSR count). The fourth-order valence-corrected chi connectivity index (χ4v) is 1.58. The van der Waals surface area contributed by atoms with E-state index in [0.29, 0.717) is 5.82 Å². The first kappa shape index (κ1) is 12.3. The van der Waals surface area contributed by atoms with Gasteiger partial charge in [-0.05, 0) is 19.1 Å². The van der Waals surface area contributed by atoms with Crippen molar-refractivity contribution in [2.75, 3.05) is 0 Å². The number of aryl methyl sites for hydroxylation is 1. The fourth-order valence-electron chi connectivity index (χ4n) is 1.58. The Morgan fingerprint density at radius 1 is 1.22 bits per heavy atom. The maximum Gasteiger partial charge on any atom is 0.416 e. The number of halogens is 3. The highest BCUT2D eigenvalue weighted by Gasteiger charge is 2.30. The van der Waals surface area contributed by atoms with Crippen molar-refractivity contribution in [1.82, 2.24) is 9.97 Å². The third kappa shape index (κ3) is 2.58.